The van der Waals surface area contributed by atoms with E-state index in [1.807, 2.05) is 6.07 Å². The summed E-state index contributed by atoms with van der Waals surface area (Å²) in [6.45, 7) is 0.154. The Labute approximate surface area is 174 Å². The number of methoxy groups -OCH3 is 2. The first-order chi connectivity index (χ1) is 14.5. The van der Waals surface area contributed by atoms with Crippen LogP contribution in [0.5, 0.6) is 23.0 Å². The molecule has 0 saturated carbocycles. The van der Waals surface area contributed by atoms with Gasteiger partial charge in [-0.1, -0.05) is 36.4 Å². The molecule has 0 aliphatic heterocycles. The molecule has 3 N–H and O–H groups in total. The smallest absolute Gasteiger partial charge is 0.262 e. The van der Waals surface area contributed by atoms with Gasteiger partial charge in [0.05, 0.1) is 14.2 Å². The molecule has 2 aromatic rings. The molecule has 154 valence electrons. The monoisotopic (exact) mass is 406 g/mol. The van der Waals surface area contributed by atoms with Crippen molar-refractivity contribution in [1.29, 1.82) is 5.26 Å². The number of allylic oxidation sites excluding steroid dienone is 4. The molecule has 0 fully saturated rings. The quantitative estimate of drug-likeness (QED) is 0.352. The molecule has 0 spiro atoms. The van der Waals surface area contributed by atoms with Crippen LogP contribution in [-0.2, 0) is 11.3 Å². The van der Waals surface area contributed by atoms with Crippen LogP contribution in [0.1, 0.15) is 11.1 Å². The first-order valence-electron chi connectivity index (χ1n) is 8.94. The van der Waals surface area contributed by atoms with E-state index in [9.17, 15) is 20.3 Å². The number of phenols is 2. The van der Waals surface area contributed by atoms with E-state index < -0.39 is 5.91 Å². The molecule has 0 atom stereocenters. The highest BCUT2D eigenvalue weighted by molar-refractivity contribution is 5.97. The maximum Gasteiger partial charge on any atom is 0.262 e. The summed E-state index contributed by atoms with van der Waals surface area (Å²) >= 11 is 0. The standard InChI is InChI=1S/C23H22N2O5/c1-29-21-11-9-17(12-20(21)27)15-25-23(28)18(14-24)7-5-3-4-6-16-8-10-19(26)22(13-16)30-2/h3-13,26-27H,15H2,1-2H3,(H,25,28)/b5-3+,6-4+,18-7+. The van der Waals surface area contributed by atoms with Crippen molar-refractivity contribution in [2.24, 2.45) is 0 Å². The maximum atomic E-state index is 12.2. The first kappa shape index (κ1) is 22.1. The van der Waals surface area contributed by atoms with Crippen LogP contribution in [0.4, 0.5) is 0 Å². The van der Waals surface area contributed by atoms with E-state index in [0.29, 0.717) is 17.1 Å². The third kappa shape index (κ3) is 6.17. The van der Waals surface area contributed by atoms with Crippen LogP contribution in [0.2, 0.25) is 0 Å². The molecular weight excluding hydrogens is 384 g/mol. The van der Waals surface area contributed by atoms with Crippen molar-refractivity contribution in [3.05, 3.63) is 77.4 Å². The molecule has 2 aromatic carbocycles. The minimum absolute atomic E-state index is 0.0266. The van der Waals surface area contributed by atoms with Gasteiger partial charge in [-0.2, -0.15) is 5.26 Å². The fraction of sp³-hybridized carbons (Fsp3) is 0.130. The summed E-state index contributed by atoms with van der Waals surface area (Å²) in [4.78, 5) is 12.2. The number of rotatable bonds is 8. The number of hydrogen-bond donors (Lipinski definition) is 3. The Balaban J connectivity index is 1.95. The SMILES string of the molecule is COc1ccc(CNC(=O)/C(C#N)=C/C=C/C=C/c2ccc(O)c(OC)c2)cc1O. The molecule has 2 rings (SSSR count). The highest BCUT2D eigenvalue weighted by Crippen LogP contribution is 2.27. The van der Waals surface area contributed by atoms with Crippen LogP contribution in [0.15, 0.2) is 66.3 Å². The molecule has 0 bridgehead atoms. The lowest BCUT2D eigenvalue weighted by Crippen LogP contribution is -2.23. The van der Waals surface area contributed by atoms with Crippen molar-refractivity contribution >= 4 is 12.0 Å². The summed E-state index contributed by atoms with van der Waals surface area (Å²) in [6.07, 6.45) is 8.17. The van der Waals surface area contributed by atoms with Crippen LogP contribution in [0.25, 0.3) is 6.08 Å². The Kier molecular flexibility index (Phi) is 8.09. The number of carbonyl (C=O) groups is 1. The van der Waals surface area contributed by atoms with Gasteiger partial charge in [0.1, 0.15) is 11.6 Å². The molecule has 1 amide bonds. The highest BCUT2D eigenvalue weighted by Gasteiger charge is 2.08. The van der Waals surface area contributed by atoms with E-state index in [0.717, 1.165) is 5.56 Å². The number of ether oxygens (including phenoxy) is 2. The largest absolute Gasteiger partial charge is 0.504 e. The molecule has 0 unspecified atom stereocenters. The topological polar surface area (TPSA) is 112 Å². The number of carbonyl (C=O) groups excluding carboxylic acids is 1. The van der Waals surface area contributed by atoms with Gasteiger partial charge in [-0.15, -0.1) is 0 Å². The van der Waals surface area contributed by atoms with Crippen LogP contribution in [0.3, 0.4) is 0 Å². The zero-order valence-corrected chi connectivity index (χ0v) is 16.6. The van der Waals surface area contributed by atoms with Crippen molar-refractivity contribution in [2.45, 2.75) is 6.54 Å². The second-order valence-electron chi connectivity index (χ2n) is 6.06. The Hall–Kier alpha value is -4.18. The molecule has 0 aliphatic carbocycles. The van der Waals surface area contributed by atoms with E-state index in [2.05, 4.69) is 5.32 Å². The average molecular weight is 406 g/mol. The molecule has 0 aromatic heterocycles. The van der Waals surface area contributed by atoms with Gasteiger partial charge >= 0.3 is 0 Å². The van der Waals surface area contributed by atoms with Gasteiger partial charge in [0, 0.05) is 6.54 Å². The number of hydrogen-bond acceptors (Lipinski definition) is 6. The van der Waals surface area contributed by atoms with Gasteiger partial charge in [0.15, 0.2) is 23.0 Å². The van der Waals surface area contributed by atoms with Crippen LogP contribution >= 0.6 is 0 Å². The predicted octanol–water partition coefficient (Wildman–Crippen LogP) is 3.45. The number of nitrogens with zero attached hydrogens (tertiary/aromatic N) is 1. The summed E-state index contributed by atoms with van der Waals surface area (Å²) in [6, 6.07) is 11.6. The summed E-state index contributed by atoms with van der Waals surface area (Å²) in [5, 5.41) is 31.2. The average Bonchev–Trinajstić information content (AvgIpc) is 2.75. The Morgan fingerprint density at radius 1 is 1.03 bits per heavy atom. The molecule has 0 heterocycles. The highest BCUT2D eigenvalue weighted by atomic mass is 16.5. The molecule has 7 heteroatoms. The minimum Gasteiger partial charge on any atom is -0.504 e. The lowest BCUT2D eigenvalue weighted by Gasteiger charge is -2.07. The maximum absolute atomic E-state index is 12.2. The van der Waals surface area contributed by atoms with E-state index in [1.165, 1.54) is 32.4 Å². The van der Waals surface area contributed by atoms with Gasteiger partial charge in [0.2, 0.25) is 0 Å². The Bertz CT molecular complexity index is 1030. The van der Waals surface area contributed by atoms with Crippen LogP contribution in [0, 0.1) is 11.3 Å². The third-order valence-electron chi connectivity index (χ3n) is 4.04. The van der Waals surface area contributed by atoms with Crippen molar-refractivity contribution in [3.8, 4) is 29.1 Å². The lowest BCUT2D eigenvalue weighted by atomic mass is 10.1. The molecule has 0 aliphatic rings. The first-order valence-corrected chi connectivity index (χ1v) is 8.94. The van der Waals surface area contributed by atoms with Crippen LogP contribution < -0.4 is 14.8 Å². The van der Waals surface area contributed by atoms with Gasteiger partial charge in [-0.3, -0.25) is 4.79 Å². The second kappa shape index (κ2) is 11.0. The number of phenolic OH excluding ortho intramolecular Hbond substituents is 2. The van der Waals surface area contributed by atoms with E-state index in [1.54, 1.807) is 48.6 Å². The zero-order valence-electron chi connectivity index (χ0n) is 16.6. The van der Waals surface area contributed by atoms with E-state index in [4.69, 9.17) is 9.47 Å². The Morgan fingerprint density at radius 3 is 2.47 bits per heavy atom. The molecule has 0 radical (unpaired) electrons. The van der Waals surface area contributed by atoms with Crippen molar-refractivity contribution < 1.29 is 24.5 Å². The number of benzene rings is 2. The zero-order chi connectivity index (χ0) is 21.9. The molecule has 7 nitrogen and oxygen atoms in total. The molecule has 0 saturated heterocycles. The number of amides is 1. The molecule has 30 heavy (non-hydrogen) atoms. The fourth-order valence-electron chi connectivity index (χ4n) is 2.47. The summed E-state index contributed by atoms with van der Waals surface area (Å²) in [5.41, 5.74) is 1.43. The van der Waals surface area contributed by atoms with Gasteiger partial charge in [-0.25, -0.2) is 0 Å². The minimum atomic E-state index is -0.523. The van der Waals surface area contributed by atoms with Crippen molar-refractivity contribution in [1.82, 2.24) is 5.32 Å². The number of aromatic hydroxyl groups is 2. The second-order valence-corrected chi connectivity index (χ2v) is 6.06. The van der Waals surface area contributed by atoms with E-state index in [-0.39, 0.29) is 23.6 Å². The van der Waals surface area contributed by atoms with Gasteiger partial charge in [-0.05, 0) is 41.5 Å². The van der Waals surface area contributed by atoms with Crippen molar-refractivity contribution in [2.75, 3.05) is 14.2 Å². The number of nitriles is 1. The van der Waals surface area contributed by atoms with Crippen molar-refractivity contribution in [3.63, 3.8) is 0 Å². The lowest BCUT2D eigenvalue weighted by molar-refractivity contribution is -0.117. The third-order valence-corrected chi connectivity index (χ3v) is 4.04. The van der Waals surface area contributed by atoms with Gasteiger partial charge in [0.25, 0.3) is 5.91 Å². The normalized spacial score (nSPS) is 11.4. The summed E-state index contributed by atoms with van der Waals surface area (Å²) < 4.78 is 10.0. The Morgan fingerprint density at radius 2 is 1.80 bits per heavy atom. The van der Waals surface area contributed by atoms with Gasteiger partial charge < -0.3 is 25.0 Å². The number of nitrogens with one attached hydrogen (secondary N) is 1. The van der Waals surface area contributed by atoms with Crippen LogP contribution in [-0.4, -0.2) is 30.3 Å². The van der Waals surface area contributed by atoms with E-state index >= 15 is 0 Å². The summed E-state index contributed by atoms with van der Waals surface area (Å²) in [7, 11) is 2.92. The predicted molar refractivity (Wildman–Crippen MR) is 113 cm³/mol. The fourth-order valence-corrected chi connectivity index (χ4v) is 2.47. The molecular formula is C23H22N2O5. The summed E-state index contributed by atoms with van der Waals surface area (Å²) in [5.74, 6) is 0.217.